The van der Waals surface area contributed by atoms with Crippen LogP contribution in [0.5, 0.6) is 0 Å². The summed E-state index contributed by atoms with van der Waals surface area (Å²) in [4.78, 5) is 23.0. The van der Waals surface area contributed by atoms with Crippen molar-refractivity contribution in [3.8, 4) is 0 Å². The van der Waals surface area contributed by atoms with Crippen molar-refractivity contribution in [1.82, 2.24) is 15.3 Å². The Labute approximate surface area is 124 Å². The summed E-state index contributed by atoms with van der Waals surface area (Å²) in [6.07, 6.45) is 6.97. The van der Waals surface area contributed by atoms with Crippen LogP contribution in [0.2, 0.25) is 0 Å². The second-order valence-electron chi connectivity index (χ2n) is 5.60. The molecule has 0 aliphatic carbocycles. The Morgan fingerprint density at radius 3 is 2.95 bits per heavy atom. The van der Waals surface area contributed by atoms with Gasteiger partial charge in [0.2, 0.25) is 5.91 Å². The molecule has 6 nitrogen and oxygen atoms in total. The summed E-state index contributed by atoms with van der Waals surface area (Å²) >= 11 is 0. The number of hydrogen-bond acceptors (Lipinski definition) is 5. The summed E-state index contributed by atoms with van der Waals surface area (Å²) in [7, 11) is 0. The Morgan fingerprint density at radius 2 is 2.19 bits per heavy atom. The van der Waals surface area contributed by atoms with Gasteiger partial charge in [-0.3, -0.25) is 4.79 Å². The average molecular weight is 290 g/mol. The lowest BCUT2D eigenvalue weighted by atomic mass is 10.1. The first-order chi connectivity index (χ1) is 10.3. The topological polar surface area (TPSA) is 67.4 Å². The standard InChI is InChI=1S/C15H22N4O2/c20-15(12-5-4-10-21-12)17-11-13-16-7-6-14(18-13)19-8-2-1-3-9-19/h6-7,12H,1-5,8-11H2,(H,17,20). The third-order valence-electron chi connectivity index (χ3n) is 4.01. The van der Waals surface area contributed by atoms with E-state index in [2.05, 4.69) is 20.2 Å². The summed E-state index contributed by atoms with van der Waals surface area (Å²) < 4.78 is 5.36. The highest BCUT2D eigenvalue weighted by Gasteiger charge is 2.23. The Morgan fingerprint density at radius 1 is 1.33 bits per heavy atom. The molecule has 1 unspecified atom stereocenters. The van der Waals surface area contributed by atoms with Crippen molar-refractivity contribution in [3.05, 3.63) is 18.1 Å². The van der Waals surface area contributed by atoms with E-state index in [4.69, 9.17) is 4.74 Å². The molecule has 1 atom stereocenters. The van der Waals surface area contributed by atoms with E-state index in [1.165, 1.54) is 19.3 Å². The zero-order chi connectivity index (χ0) is 14.5. The number of hydrogen-bond donors (Lipinski definition) is 1. The predicted octanol–water partition coefficient (Wildman–Crippen LogP) is 1.26. The number of aromatic nitrogens is 2. The summed E-state index contributed by atoms with van der Waals surface area (Å²) in [5, 5.41) is 2.86. The molecule has 1 aromatic heterocycles. The fourth-order valence-electron chi connectivity index (χ4n) is 2.84. The molecule has 114 valence electrons. The fraction of sp³-hybridized carbons (Fsp3) is 0.667. The lowest BCUT2D eigenvalue weighted by Crippen LogP contribution is -2.34. The Bertz CT molecular complexity index is 482. The second-order valence-corrected chi connectivity index (χ2v) is 5.60. The smallest absolute Gasteiger partial charge is 0.249 e. The van der Waals surface area contributed by atoms with Crippen molar-refractivity contribution in [3.63, 3.8) is 0 Å². The maximum Gasteiger partial charge on any atom is 0.249 e. The third kappa shape index (κ3) is 3.69. The molecule has 0 aromatic carbocycles. The van der Waals surface area contributed by atoms with Gasteiger partial charge in [0.15, 0.2) is 0 Å². The minimum absolute atomic E-state index is 0.0560. The highest BCUT2D eigenvalue weighted by molar-refractivity contribution is 5.80. The fourth-order valence-corrected chi connectivity index (χ4v) is 2.84. The van der Waals surface area contributed by atoms with Crippen molar-refractivity contribution in [2.45, 2.75) is 44.8 Å². The number of nitrogens with one attached hydrogen (secondary N) is 1. The summed E-state index contributed by atoms with van der Waals surface area (Å²) in [6, 6.07) is 1.94. The first kappa shape index (κ1) is 14.3. The molecule has 6 heteroatoms. The molecule has 2 aliphatic heterocycles. The lowest BCUT2D eigenvalue weighted by molar-refractivity contribution is -0.130. The molecular weight excluding hydrogens is 268 g/mol. The van der Waals surface area contributed by atoms with Crippen LogP contribution in [0, 0.1) is 0 Å². The van der Waals surface area contributed by atoms with Gasteiger partial charge in [-0.25, -0.2) is 9.97 Å². The Kier molecular flexibility index (Phi) is 4.65. The number of carbonyl (C=O) groups is 1. The molecule has 0 bridgehead atoms. The molecule has 0 saturated carbocycles. The van der Waals surface area contributed by atoms with Crippen LogP contribution in [-0.2, 0) is 16.1 Å². The highest BCUT2D eigenvalue weighted by atomic mass is 16.5. The molecule has 3 heterocycles. The minimum Gasteiger partial charge on any atom is -0.368 e. The zero-order valence-electron chi connectivity index (χ0n) is 12.3. The van der Waals surface area contributed by atoms with Crippen LogP contribution >= 0.6 is 0 Å². The zero-order valence-corrected chi connectivity index (χ0v) is 12.3. The van der Waals surface area contributed by atoms with Gasteiger partial charge in [-0.15, -0.1) is 0 Å². The van der Waals surface area contributed by atoms with E-state index in [9.17, 15) is 4.79 Å². The molecule has 1 amide bonds. The normalized spacial score (nSPS) is 22.3. The van der Waals surface area contributed by atoms with Gasteiger partial charge < -0.3 is 15.0 Å². The van der Waals surface area contributed by atoms with Gasteiger partial charge in [-0.05, 0) is 38.2 Å². The van der Waals surface area contributed by atoms with Crippen molar-refractivity contribution in [2.75, 3.05) is 24.6 Å². The van der Waals surface area contributed by atoms with Crippen LogP contribution in [-0.4, -0.2) is 41.7 Å². The number of carbonyl (C=O) groups excluding carboxylic acids is 1. The van der Waals surface area contributed by atoms with Gasteiger partial charge in [0, 0.05) is 25.9 Å². The van der Waals surface area contributed by atoms with E-state index in [0.717, 1.165) is 31.7 Å². The van der Waals surface area contributed by atoms with Gasteiger partial charge in [0.25, 0.3) is 0 Å². The minimum atomic E-state index is -0.296. The number of ether oxygens (including phenoxy) is 1. The van der Waals surface area contributed by atoms with Gasteiger partial charge in [0.05, 0.1) is 6.54 Å². The van der Waals surface area contributed by atoms with Gasteiger partial charge in [-0.2, -0.15) is 0 Å². The highest BCUT2D eigenvalue weighted by Crippen LogP contribution is 2.17. The molecule has 2 aliphatic rings. The number of amides is 1. The van der Waals surface area contributed by atoms with E-state index in [-0.39, 0.29) is 12.0 Å². The number of nitrogens with zero attached hydrogens (tertiary/aromatic N) is 3. The van der Waals surface area contributed by atoms with Crippen LogP contribution in [0.25, 0.3) is 0 Å². The van der Waals surface area contributed by atoms with E-state index in [1.54, 1.807) is 6.20 Å². The van der Waals surface area contributed by atoms with Crippen LogP contribution in [0.15, 0.2) is 12.3 Å². The molecule has 2 saturated heterocycles. The van der Waals surface area contributed by atoms with E-state index in [0.29, 0.717) is 19.0 Å². The van der Waals surface area contributed by atoms with Gasteiger partial charge in [0.1, 0.15) is 17.7 Å². The van der Waals surface area contributed by atoms with Gasteiger partial charge in [-0.1, -0.05) is 0 Å². The Hall–Kier alpha value is -1.69. The first-order valence-electron chi connectivity index (χ1n) is 7.79. The predicted molar refractivity (Wildman–Crippen MR) is 78.9 cm³/mol. The van der Waals surface area contributed by atoms with E-state index < -0.39 is 0 Å². The van der Waals surface area contributed by atoms with Crippen molar-refractivity contribution < 1.29 is 9.53 Å². The third-order valence-corrected chi connectivity index (χ3v) is 4.01. The maximum atomic E-state index is 11.9. The second kappa shape index (κ2) is 6.85. The Balaban J connectivity index is 1.56. The molecular formula is C15H22N4O2. The van der Waals surface area contributed by atoms with Crippen molar-refractivity contribution in [1.29, 1.82) is 0 Å². The van der Waals surface area contributed by atoms with E-state index >= 15 is 0 Å². The molecule has 0 spiro atoms. The molecule has 1 N–H and O–H groups in total. The molecule has 21 heavy (non-hydrogen) atoms. The van der Waals surface area contributed by atoms with Crippen LogP contribution in [0.1, 0.15) is 37.9 Å². The summed E-state index contributed by atoms with van der Waals surface area (Å²) in [5.74, 6) is 1.56. The first-order valence-corrected chi connectivity index (χ1v) is 7.79. The number of rotatable bonds is 4. The average Bonchev–Trinajstić information content (AvgIpc) is 3.08. The molecule has 1 aromatic rings. The van der Waals surface area contributed by atoms with Crippen LogP contribution in [0.4, 0.5) is 5.82 Å². The monoisotopic (exact) mass is 290 g/mol. The number of piperidine rings is 1. The molecule has 3 rings (SSSR count). The largest absolute Gasteiger partial charge is 0.368 e. The van der Waals surface area contributed by atoms with Crippen molar-refractivity contribution >= 4 is 11.7 Å². The maximum absolute atomic E-state index is 11.9. The summed E-state index contributed by atoms with van der Waals surface area (Å²) in [6.45, 7) is 3.15. The van der Waals surface area contributed by atoms with Crippen LogP contribution in [0.3, 0.4) is 0 Å². The number of anilines is 1. The van der Waals surface area contributed by atoms with Crippen LogP contribution < -0.4 is 10.2 Å². The van der Waals surface area contributed by atoms with Crippen molar-refractivity contribution in [2.24, 2.45) is 0 Å². The van der Waals surface area contributed by atoms with Gasteiger partial charge >= 0.3 is 0 Å². The molecule has 0 radical (unpaired) electrons. The summed E-state index contributed by atoms with van der Waals surface area (Å²) in [5.41, 5.74) is 0. The SMILES string of the molecule is O=C(NCc1nccc(N2CCCCC2)n1)C1CCCO1. The lowest BCUT2D eigenvalue weighted by Gasteiger charge is -2.27. The molecule has 2 fully saturated rings. The quantitative estimate of drug-likeness (QED) is 0.904. The van der Waals surface area contributed by atoms with E-state index in [1.807, 2.05) is 6.07 Å².